The molecular formula is C25H30Cl2N4O. The first-order valence-corrected chi connectivity index (χ1v) is 12.3. The Morgan fingerprint density at radius 3 is 2.56 bits per heavy atom. The van der Waals surface area contributed by atoms with Crippen LogP contribution in [0.25, 0.3) is 17.1 Å². The number of carbonyl (C=O) groups is 1. The van der Waals surface area contributed by atoms with E-state index in [1.54, 1.807) is 0 Å². The van der Waals surface area contributed by atoms with Crippen molar-refractivity contribution in [3.8, 4) is 11.4 Å². The Morgan fingerprint density at radius 2 is 1.88 bits per heavy atom. The minimum absolute atomic E-state index is 0.143. The molecule has 2 aromatic rings. The van der Waals surface area contributed by atoms with Crippen molar-refractivity contribution in [3.63, 3.8) is 0 Å². The van der Waals surface area contributed by atoms with Crippen molar-refractivity contribution < 1.29 is 4.79 Å². The quantitative estimate of drug-likeness (QED) is 0.504. The molecule has 2 heterocycles. The molecule has 0 radical (unpaired) electrons. The van der Waals surface area contributed by atoms with Crippen molar-refractivity contribution in [3.05, 3.63) is 57.9 Å². The lowest BCUT2D eigenvalue weighted by molar-refractivity contribution is 0.0744. The van der Waals surface area contributed by atoms with Gasteiger partial charge in [0.1, 0.15) is 5.82 Å². The fraction of sp³-hybridized carbons (Fsp3) is 0.440. The van der Waals surface area contributed by atoms with Crippen LogP contribution in [0, 0.1) is 0 Å². The zero-order valence-corrected chi connectivity index (χ0v) is 20.1. The molecule has 1 aromatic carbocycles. The van der Waals surface area contributed by atoms with Crippen LogP contribution in [-0.4, -0.2) is 33.6 Å². The predicted molar refractivity (Wildman–Crippen MR) is 132 cm³/mol. The number of carbonyl (C=O) groups excluding carboxylic acids is 1. The summed E-state index contributed by atoms with van der Waals surface area (Å²) in [6.07, 6.45) is 11.7. The number of amides is 1. The molecule has 0 saturated carbocycles. The molecule has 0 spiro atoms. The molecule has 1 saturated heterocycles. The van der Waals surface area contributed by atoms with E-state index in [1.807, 2.05) is 41.4 Å². The number of rotatable bonds is 7. The van der Waals surface area contributed by atoms with Gasteiger partial charge in [-0.2, -0.15) is 0 Å². The maximum atomic E-state index is 13.4. The highest BCUT2D eigenvalue weighted by Gasteiger charge is 2.27. The van der Waals surface area contributed by atoms with Gasteiger partial charge < -0.3 is 0 Å². The molecule has 32 heavy (non-hydrogen) atoms. The van der Waals surface area contributed by atoms with Crippen LogP contribution in [0.5, 0.6) is 0 Å². The summed E-state index contributed by atoms with van der Waals surface area (Å²) < 4.78 is 2.14. The number of unbranched alkanes of at least 4 members (excludes halogenated alkanes) is 1. The van der Waals surface area contributed by atoms with Gasteiger partial charge in [-0.1, -0.05) is 55.1 Å². The molecule has 1 aliphatic carbocycles. The lowest BCUT2D eigenvalue weighted by atomic mass is 10.1. The number of allylic oxidation sites excluding steroid dienone is 4. The molecule has 2 aliphatic rings. The van der Waals surface area contributed by atoms with Crippen LogP contribution in [0.2, 0.25) is 5.02 Å². The first-order valence-electron chi connectivity index (χ1n) is 11.6. The highest BCUT2D eigenvalue weighted by atomic mass is 35.5. The van der Waals surface area contributed by atoms with Crippen molar-refractivity contribution in [1.82, 2.24) is 20.0 Å². The van der Waals surface area contributed by atoms with Crippen LogP contribution >= 0.6 is 23.2 Å². The monoisotopic (exact) mass is 472 g/mol. The highest BCUT2D eigenvalue weighted by molar-refractivity contribution is 6.33. The van der Waals surface area contributed by atoms with Gasteiger partial charge in [-0.05, 0) is 62.8 Å². The summed E-state index contributed by atoms with van der Waals surface area (Å²) in [5.41, 5.74) is 6.43. The van der Waals surface area contributed by atoms with Crippen LogP contribution in [0.3, 0.4) is 0 Å². The largest absolute Gasteiger partial charge is 0.300 e. The van der Waals surface area contributed by atoms with Crippen LogP contribution in [0.15, 0.2) is 41.4 Å². The van der Waals surface area contributed by atoms with Gasteiger partial charge in [0.2, 0.25) is 0 Å². The fourth-order valence-corrected chi connectivity index (χ4v) is 4.71. The second kappa shape index (κ2) is 10.7. The number of hydrazine groups is 1. The minimum atomic E-state index is -0.143. The Balaban J connectivity index is 1.82. The SMILES string of the molecule is CCCCc1c(C(=O)NN2CCCCC2)nc(-c2ccccc2Cl)n1C1=CC=C(Cl)CC1. The van der Waals surface area contributed by atoms with Gasteiger partial charge in [0.15, 0.2) is 5.69 Å². The van der Waals surface area contributed by atoms with Gasteiger partial charge in [-0.3, -0.25) is 14.8 Å². The number of imidazole rings is 1. The molecule has 1 aromatic heterocycles. The Bertz CT molecular complexity index is 1030. The molecule has 0 unspecified atom stereocenters. The lowest BCUT2D eigenvalue weighted by Crippen LogP contribution is -2.45. The lowest BCUT2D eigenvalue weighted by Gasteiger charge is -2.26. The van der Waals surface area contributed by atoms with E-state index < -0.39 is 0 Å². The molecule has 1 fully saturated rings. The number of nitrogens with zero attached hydrogens (tertiary/aromatic N) is 3. The first kappa shape index (κ1) is 23.1. The summed E-state index contributed by atoms with van der Waals surface area (Å²) in [6.45, 7) is 3.91. The number of hydrogen-bond donors (Lipinski definition) is 1. The molecule has 0 bridgehead atoms. The Hall–Kier alpha value is -2.08. The van der Waals surface area contributed by atoms with Crippen molar-refractivity contribution in [2.24, 2.45) is 0 Å². The number of benzene rings is 1. The van der Waals surface area contributed by atoms with Crippen LogP contribution in [0.1, 0.15) is 68.1 Å². The number of halogens is 2. The fourth-order valence-electron chi connectivity index (χ4n) is 4.33. The number of aromatic nitrogens is 2. The maximum absolute atomic E-state index is 13.4. The minimum Gasteiger partial charge on any atom is -0.300 e. The van der Waals surface area contributed by atoms with Crippen LogP contribution in [0.4, 0.5) is 0 Å². The van der Waals surface area contributed by atoms with Crippen LogP contribution < -0.4 is 5.43 Å². The third-order valence-corrected chi connectivity index (χ3v) is 6.69. The summed E-state index contributed by atoms with van der Waals surface area (Å²) in [5, 5.41) is 3.48. The van der Waals surface area contributed by atoms with Crippen molar-refractivity contribution >= 4 is 34.8 Å². The van der Waals surface area contributed by atoms with Gasteiger partial charge in [-0.25, -0.2) is 9.99 Å². The average molecular weight is 473 g/mol. The number of hydrogen-bond acceptors (Lipinski definition) is 3. The van der Waals surface area contributed by atoms with Gasteiger partial charge in [0, 0.05) is 29.4 Å². The van der Waals surface area contributed by atoms with Gasteiger partial charge in [0.05, 0.1) is 10.7 Å². The zero-order chi connectivity index (χ0) is 22.5. The summed E-state index contributed by atoms with van der Waals surface area (Å²) in [4.78, 5) is 18.3. The van der Waals surface area contributed by atoms with Crippen molar-refractivity contribution in [1.29, 1.82) is 0 Å². The Labute approximate surface area is 200 Å². The third kappa shape index (κ3) is 5.11. The third-order valence-electron chi connectivity index (χ3n) is 6.05. The Morgan fingerprint density at radius 1 is 1.09 bits per heavy atom. The molecule has 1 amide bonds. The van der Waals surface area contributed by atoms with E-state index in [0.29, 0.717) is 16.5 Å². The van der Waals surface area contributed by atoms with E-state index in [9.17, 15) is 4.79 Å². The van der Waals surface area contributed by atoms with Gasteiger partial charge >= 0.3 is 0 Å². The Kier molecular flexibility index (Phi) is 7.71. The standard InChI is InChI=1S/C25H30Cl2N4O/c1-2-3-11-22-23(25(32)29-30-16-7-4-8-17-30)28-24(20-9-5-6-10-21(20)27)31(22)19-14-12-18(26)13-15-19/h5-6,9-10,12,14H,2-4,7-8,11,13,15-17H2,1H3,(H,29,32). The molecule has 0 atom stereocenters. The second-order valence-electron chi connectivity index (χ2n) is 8.41. The second-order valence-corrected chi connectivity index (χ2v) is 9.30. The summed E-state index contributed by atoms with van der Waals surface area (Å²) in [7, 11) is 0. The molecular weight excluding hydrogens is 443 g/mol. The molecule has 5 nitrogen and oxygen atoms in total. The van der Waals surface area contributed by atoms with Gasteiger partial charge in [0.25, 0.3) is 5.91 Å². The zero-order valence-electron chi connectivity index (χ0n) is 18.5. The number of nitrogens with one attached hydrogen (secondary N) is 1. The summed E-state index contributed by atoms with van der Waals surface area (Å²) >= 11 is 12.8. The molecule has 4 rings (SSSR count). The van der Waals surface area contributed by atoms with Gasteiger partial charge in [-0.15, -0.1) is 0 Å². The normalized spacial score (nSPS) is 17.1. The summed E-state index contributed by atoms with van der Waals surface area (Å²) in [5.74, 6) is 0.568. The molecule has 7 heteroatoms. The first-order chi connectivity index (χ1) is 15.6. The van der Waals surface area contributed by atoms with Crippen molar-refractivity contribution in [2.45, 2.75) is 58.3 Å². The van der Waals surface area contributed by atoms with E-state index in [4.69, 9.17) is 28.2 Å². The van der Waals surface area contributed by atoms with E-state index >= 15 is 0 Å². The van der Waals surface area contributed by atoms with E-state index in [2.05, 4.69) is 16.9 Å². The van der Waals surface area contributed by atoms with Crippen molar-refractivity contribution in [2.75, 3.05) is 13.1 Å². The topological polar surface area (TPSA) is 50.2 Å². The molecule has 1 N–H and O–H groups in total. The smallest absolute Gasteiger partial charge is 0.286 e. The van der Waals surface area contributed by atoms with Crippen LogP contribution in [-0.2, 0) is 6.42 Å². The summed E-state index contributed by atoms with van der Waals surface area (Å²) in [6, 6.07) is 7.68. The van der Waals surface area contributed by atoms with E-state index in [-0.39, 0.29) is 5.91 Å². The van der Waals surface area contributed by atoms with E-state index in [0.717, 1.165) is 80.0 Å². The average Bonchev–Trinajstić information content (AvgIpc) is 3.18. The van der Waals surface area contributed by atoms with E-state index in [1.165, 1.54) is 6.42 Å². The maximum Gasteiger partial charge on any atom is 0.286 e. The molecule has 170 valence electrons. The number of piperidine rings is 1. The predicted octanol–water partition coefficient (Wildman–Crippen LogP) is 6.43. The highest BCUT2D eigenvalue weighted by Crippen LogP contribution is 2.35. The molecule has 1 aliphatic heterocycles.